The lowest BCUT2D eigenvalue weighted by Gasteiger charge is -2.08. The number of thiophene rings is 1. The number of fused-ring (bicyclic) bond motifs is 6. The quantitative estimate of drug-likeness (QED) is 0.462. The maximum Gasteiger partial charge on any atom is 0.348 e. The van der Waals surface area contributed by atoms with Gasteiger partial charge < -0.3 is 4.74 Å². The molecular formula is C23H16O2S2. The Kier molecular flexibility index (Phi) is 4.03. The van der Waals surface area contributed by atoms with Crippen LogP contribution in [0.2, 0.25) is 0 Å². The molecule has 3 aromatic rings. The van der Waals surface area contributed by atoms with Gasteiger partial charge in [-0.15, -0.1) is 11.3 Å². The summed E-state index contributed by atoms with van der Waals surface area (Å²) >= 11 is 3.26. The van der Waals surface area contributed by atoms with Gasteiger partial charge in [0.1, 0.15) is 4.88 Å². The van der Waals surface area contributed by atoms with E-state index in [4.69, 9.17) is 4.74 Å². The zero-order valence-electron chi connectivity index (χ0n) is 14.7. The molecule has 2 aliphatic rings. The van der Waals surface area contributed by atoms with Crippen molar-refractivity contribution in [3.05, 3.63) is 74.8 Å². The highest BCUT2D eigenvalue weighted by Crippen LogP contribution is 2.41. The van der Waals surface area contributed by atoms with Crippen molar-refractivity contribution in [2.45, 2.75) is 11.8 Å². The highest BCUT2D eigenvalue weighted by Gasteiger charge is 2.22. The topological polar surface area (TPSA) is 26.3 Å². The molecule has 132 valence electrons. The van der Waals surface area contributed by atoms with E-state index in [0.717, 1.165) is 16.0 Å². The van der Waals surface area contributed by atoms with E-state index in [9.17, 15) is 4.79 Å². The van der Waals surface area contributed by atoms with Gasteiger partial charge in [0.25, 0.3) is 0 Å². The molecule has 0 saturated carbocycles. The monoisotopic (exact) mass is 388 g/mol. The molecule has 1 aliphatic heterocycles. The van der Waals surface area contributed by atoms with Crippen molar-refractivity contribution in [2.24, 2.45) is 0 Å². The summed E-state index contributed by atoms with van der Waals surface area (Å²) in [4.78, 5) is 15.4. The number of ether oxygens (including phenoxy) is 1. The SMILES string of the molecule is CCOC(=O)c1cc2c(s1)-c1ccccc1C=c1cc3c(cc1-2)=CC=CS3. The molecule has 0 fully saturated rings. The first-order valence-electron chi connectivity index (χ1n) is 8.84. The first kappa shape index (κ1) is 16.6. The fraction of sp³-hybridized carbons (Fsp3) is 0.0870. The largest absolute Gasteiger partial charge is 0.462 e. The fourth-order valence-corrected chi connectivity index (χ4v) is 5.42. The van der Waals surface area contributed by atoms with Gasteiger partial charge in [-0.05, 0) is 63.7 Å². The Morgan fingerprint density at radius 2 is 1.93 bits per heavy atom. The normalized spacial score (nSPS) is 13.2. The van der Waals surface area contributed by atoms with Crippen molar-refractivity contribution in [3.8, 4) is 21.6 Å². The van der Waals surface area contributed by atoms with Crippen LogP contribution in [0.25, 0.3) is 33.7 Å². The molecule has 0 spiro atoms. The molecule has 0 atom stereocenters. The van der Waals surface area contributed by atoms with Gasteiger partial charge in [-0.2, -0.15) is 0 Å². The molecule has 0 amide bonds. The fourth-order valence-electron chi connectivity index (χ4n) is 3.54. The number of esters is 1. The highest BCUT2D eigenvalue weighted by atomic mass is 32.2. The van der Waals surface area contributed by atoms with Gasteiger partial charge in [0.15, 0.2) is 0 Å². The molecule has 5 rings (SSSR count). The second-order valence-electron chi connectivity index (χ2n) is 6.40. The van der Waals surface area contributed by atoms with E-state index < -0.39 is 0 Å². The third kappa shape index (κ3) is 2.76. The number of allylic oxidation sites excluding steroid dienone is 1. The summed E-state index contributed by atoms with van der Waals surface area (Å²) in [5.41, 5.74) is 4.61. The average molecular weight is 389 g/mol. The summed E-state index contributed by atoms with van der Waals surface area (Å²) in [6.07, 6.45) is 6.47. The predicted octanol–water partition coefficient (Wildman–Crippen LogP) is 4.80. The summed E-state index contributed by atoms with van der Waals surface area (Å²) in [5.74, 6) is -0.249. The molecule has 0 saturated heterocycles. The van der Waals surface area contributed by atoms with Crippen LogP contribution in [0.15, 0.2) is 58.8 Å². The molecule has 0 N–H and O–H groups in total. The Balaban J connectivity index is 1.84. The van der Waals surface area contributed by atoms with Crippen molar-refractivity contribution in [1.29, 1.82) is 0 Å². The summed E-state index contributed by atoms with van der Waals surface area (Å²) in [7, 11) is 0. The first-order chi connectivity index (χ1) is 13.2. The van der Waals surface area contributed by atoms with Crippen LogP contribution >= 0.6 is 23.1 Å². The lowest BCUT2D eigenvalue weighted by Crippen LogP contribution is -2.15. The van der Waals surface area contributed by atoms with Crippen LogP contribution in [0.3, 0.4) is 0 Å². The number of benzene rings is 2. The van der Waals surface area contributed by atoms with E-state index in [0.29, 0.717) is 11.5 Å². The third-order valence-corrected chi connectivity index (χ3v) is 6.80. The third-order valence-electron chi connectivity index (χ3n) is 4.75. The van der Waals surface area contributed by atoms with Gasteiger partial charge in [0.05, 0.1) is 6.61 Å². The number of carbonyl (C=O) groups excluding carboxylic acids is 1. The van der Waals surface area contributed by atoms with Crippen LogP contribution in [0.4, 0.5) is 0 Å². The van der Waals surface area contributed by atoms with Crippen molar-refractivity contribution in [2.75, 3.05) is 6.61 Å². The lowest BCUT2D eigenvalue weighted by atomic mass is 10.0. The zero-order valence-corrected chi connectivity index (χ0v) is 16.3. The molecule has 1 aliphatic carbocycles. The van der Waals surface area contributed by atoms with E-state index in [1.165, 1.54) is 37.8 Å². The maximum absolute atomic E-state index is 12.4. The molecule has 0 radical (unpaired) electrons. The second kappa shape index (κ2) is 6.55. The van der Waals surface area contributed by atoms with Crippen LogP contribution < -0.4 is 10.4 Å². The summed E-state index contributed by atoms with van der Waals surface area (Å²) < 4.78 is 5.25. The summed E-state index contributed by atoms with van der Waals surface area (Å²) in [5, 5.41) is 4.51. The van der Waals surface area contributed by atoms with Crippen molar-refractivity contribution >= 4 is 41.2 Å². The molecule has 2 nitrogen and oxygen atoms in total. The Labute approximate surface area is 165 Å². The molecule has 2 aromatic carbocycles. The van der Waals surface area contributed by atoms with Crippen LogP contribution in [0.1, 0.15) is 22.2 Å². The highest BCUT2D eigenvalue weighted by molar-refractivity contribution is 8.02. The predicted molar refractivity (Wildman–Crippen MR) is 113 cm³/mol. The van der Waals surface area contributed by atoms with Gasteiger partial charge in [0.2, 0.25) is 0 Å². The van der Waals surface area contributed by atoms with E-state index in [-0.39, 0.29) is 5.97 Å². The smallest absolute Gasteiger partial charge is 0.348 e. The van der Waals surface area contributed by atoms with Gasteiger partial charge in [-0.1, -0.05) is 48.2 Å². The Hall–Kier alpha value is -2.56. The minimum Gasteiger partial charge on any atom is -0.462 e. The lowest BCUT2D eigenvalue weighted by molar-refractivity contribution is 0.0532. The summed E-state index contributed by atoms with van der Waals surface area (Å²) in [6, 6.07) is 14.9. The Morgan fingerprint density at radius 1 is 1.04 bits per heavy atom. The number of hydrogen-bond acceptors (Lipinski definition) is 4. The van der Waals surface area contributed by atoms with Crippen LogP contribution in [0.5, 0.6) is 0 Å². The zero-order chi connectivity index (χ0) is 18.4. The molecule has 4 heteroatoms. The van der Waals surface area contributed by atoms with Crippen molar-refractivity contribution < 1.29 is 9.53 Å². The van der Waals surface area contributed by atoms with Gasteiger partial charge in [-0.25, -0.2) is 4.79 Å². The van der Waals surface area contributed by atoms with Gasteiger partial charge >= 0.3 is 5.97 Å². The number of carbonyl (C=O) groups is 1. The molecular weight excluding hydrogens is 372 g/mol. The van der Waals surface area contributed by atoms with Gasteiger partial charge in [-0.3, -0.25) is 0 Å². The van der Waals surface area contributed by atoms with E-state index >= 15 is 0 Å². The van der Waals surface area contributed by atoms with Crippen molar-refractivity contribution in [3.63, 3.8) is 0 Å². The van der Waals surface area contributed by atoms with Crippen molar-refractivity contribution in [1.82, 2.24) is 0 Å². The average Bonchev–Trinajstić information content (AvgIpc) is 3.08. The van der Waals surface area contributed by atoms with E-state index in [1.54, 1.807) is 11.8 Å². The van der Waals surface area contributed by atoms with Crippen LogP contribution in [-0.2, 0) is 4.74 Å². The second-order valence-corrected chi connectivity index (χ2v) is 8.40. The molecule has 0 unspecified atom stereocenters. The molecule has 0 bridgehead atoms. The standard InChI is InChI=1S/C23H16O2S2/c1-2-25-23(24)21-13-19-18-11-15-7-5-9-26-20(15)12-16(18)10-14-6-3-4-8-17(14)22(19)27-21/h3-13H,2H2,1H3. The maximum atomic E-state index is 12.4. The minimum absolute atomic E-state index is 0.249. The summed E-state index contributed by atoms with van der Waals surface area (Å²) in [6.45, 7) is 2.22. The van der Waals surface area contributed by atoms with Crippen LogP contribution in [-0.4, -0.2) is 12.6 Å². The number of thioether (sulfide) groups is 1. The van der Waals surface area contributed by atoms with Gasteiger partial charge in [0, 0.05) is 15.3 Å². The minimum atomic E-state index is -0.249. The number of rotatable bonds is 2. The molecule has 2 heterocycles. The first-order valence-corrected chi connectivity index (χ1v) is 10.5. The Bertz CT molecular complexity index is 1230. The van der Waals surface area contributed by atoms with E-state index in [1.807, 2.05) is 13.0 Å². The molecule has 1 aromatic heterocycles. The number of hydrogen-bond donors (Lipinski definition) is 0. The van der Waals surface area contributed by atoms with E-state index in [2.05, 4.69) is 60.0 Å². The van der Waals surface area contributed by atoms with Crippen LogP contribution in [0, 0.1) is 0 Å². The Morgan fingerprint density at radius 3 is 2.81 bits per heavy atom. The molecule has 27 heavy (non-hydrogen) atoms.